The Balaban J connectivity index is 3.23. The molecule has 0 rings (SSSR count). The van der Waals surface area contributed by atoms with Crippen molar-refractivity contribution >= 4 is 22.1 Å². The topological polar surface area (TPSA) is 9.23 Å². The van der Waals surface area contributed by atoms with Gasteiger partial charge in [0.15, 0.2) is 0 Å². The van der Waals surface area contributed by atoms with Gasteiger partial charge in [0, 0.05) is 11.5 Å². The fourth-order valence-corrected chi connectivity index (χ4v) is 1.32. The Labute approximate surface area is 78.0 Å². The number of halogens is 1. The molecular formula is C8H19ClOSi. The van der Waals surface area contributed by atoms with Gasteiger partial charge in [0.25, 0.3) is 0 Å². The van der Waals surface area contributed by atoms with Crippen molar-refractivity contribution in [2.24, 2.45) is 0 Å². The molecule has 1 nitrogen and oxygen atoms in total. The highest BCUT2D eigenvalue weighted by Crippen LogP contribution is 2.16. The van der Waals surface area contributed by atoms with E-state index in [4.69, 9.17) is 16.0 Å². The second-order valence-electron chi connectivity index (χ2n) is 3.46. The Morgan fingerprint density at radius 3 is 2.36 bits per heavy atom. The third-order valence-corrected chi connectivity index (χ3v) is 3.34. The van der Waals surface area contributed by atoms with Gasteiger partial charge in [-0.3, -0.25) is 0 Å². The molecule has 0 heterocycles. The third kappa shape index (κ3) is 6.85. The average Bonchev–Trinajstić information content (AvgIpc) is 1.99. The highest BCUT2D eigenvalue weighted by atomic mass is 35.5. The first kappa shape index (κ1) is 11.5. The fourth-order valence-electron chi connectivity index (χ4n) is 0.924. The van der Waals surface area contributed by atoms with Crippen LogP contribution >= 0.6 is 11.6 Å². The van der Waals surface area contributed by atoms with Crippen molar-refractivity contribution in [1.82, 2.24) is 0 Å². The number of hydrogen-bond acceptors (Lipinski definition) is 1. The standard InChI is InChI=1S/C8H19ClOSi/c1-8(2,10-11)6-4-3-5-7-9/h3-7H2,1-2,11H3. The van der Waals surface area contributed by atoms with Crippen LogP contribution in [0.2, 0.25) is 0 Å². The van der Waals surface area contributed by atoms with E-state index in [-0.39, 0.29) is 5.60 Å². The summed E-state index contributed by atoms with van der Waals surface area (Å²) in [7, 11) is 0.841. The molecule has 0 radical (unpaired) electrons. The van der Waals surface area contributed by atoms with Crippen molar-refractivity contribution in [3.8, 4) is 0 Å². The molecule has 0 aromatic carbocycles. The molecule has 11 heavy (non-hydrogen) atoms. The van der Waals surface area contributed by atoms with Crippen LogP contribution in [0.15, 0.2) is 0 Å². The van der Waals surface area contributed by atoms with Gasteiger partial charge in [-0.2, -0.15) is 0 Å². The molecule has 0 atom stereocenters. The van der Waals surface area contributed by atoms with E-state index < -0.39 is 0 Å². The second-order valence-corrected chi connectivity index (χ2v) is 4.25. The molecule has 0 aromatic rings. The van der Waals surface area contributed by atoms with Crippen molar-refractivity contribution in [3.05, 3.63) is 0 Å². The molecule has 0 aliphatic heterocycles. The van der Waals surface area contributed by atoms with Crippen LogP contribution in [-0.2, 0) is 4.43 Å². The normalized spacial score (nSPS) is 12.3. The van der Waals surface area contributed by atoms with Gasteiger partial charge in [0.2, 0.25) is 0 Å². The van der Waals surface area contributed by atoms with Gasteiger partial charge in [-0.25, -0.2) is 0 Å². The molecule has 0 bridgehead atoms. The Morgan fingerprint density at radius 2 is 1.91 bits per heavy atom. The van der Waals surface area contributed by atoms with Crippen LogP contribution in [0.3, 0.4) is 0 Å². The van der Waals surface area contributed by atoms with E-state index in [1.807, 2.05) is 0 Å². The van der Waals surface area contributed by atoms with Gasteiger partial charge < -0.3 is 4.43 Å². The summed E-state index contributed by atoms with van der Waals surface area (Å²) in [6.45, 7) is 4.31. The Morgan fingerprint density at radius 1 is 1.27 bits per heavy atom. The van der Waals surface area contributed by atoms with Gasteiger partial charge in [-0.05, 0) is 26.7 Å². The molecule has 0 fully saturated rings. The SMILES string of the molecule is CC(C)(CCCCCCl)O[SiH3]. The first-order chi connectivity index (χ1) is 5.12. The van der Waals surface area contributed by atoms with Gasteiger partial charge >= 0.3 is 0 Å². The van der Waals surface area contributed by atoms with Crippen LogP contribution in [0.1, 0.15) is 39.5 Å². The van der Waals surface area contributed by atoms with E-state index in [2.05, 4.69) is 13.8 Å². The fraction of sp³-hybridized carbons (Fsp3) is 1.00. The number of rotatable bonds is 6. The molecule has 0 aliphatic carbocycles. The lowest BCUT2D eigenvalue weighted by molar-refractivity contribution is 0.109. The van der Waals surface area contributed by atoms with Crippen molar-refractivity contribution in [1.29, 1.82) is 0 Å². The Bertz CT molecular complexity index is 96.1. The zero-order valence-electron chi connectivity index (χ0n) is 7.82. The average molecular weight is 195 g/mol. The van der Waals surface area contributed by atoms with Gasteiger partial charge in [0.1, 0.15) is 10.5 Å². The monoisotopic (exact) mass is 194 g/mol. The van der Waals surface area contributed by atoms with E-state index in [0.29, 0.717) is 0 Å². The van der Waals surface area contributed by atoms with Crippen LogP contribution in [0.5, 0.6) is 0 Å². The summed E-state index contributed by atoms with van der Waals surface area (Å²) >= 11 is 5.56. The van der Waals surface area contributed by atoms with E-state index in [9.17, 15) is 0 Å². The summed E-state index contributed by atoms with van der Waals surface area (Å²) in [6, 6.07) is 0. The number of alkyl halides is 1. The first-order valence-corrected chi connectivity index (χ1v) is 5.58. The number of hydrogen-bond donors (Lipinski definition) is 0. The van der Waals surface area contributed by atoms with Gasteiger partial charge in [0.05, 0.1) is 0 Å². The largest absolute Gasteiger partial charge is 0.423 e. The number of unbranched alkanes of at least 4 members (excludes halogenated alkanes) is 2. The second kappa shape index (κ2) is 6.04. The zero-order chi connectivity index (χ0) is 8.74. The van der Waals surface area contributed by atoms with E-state index in [0.717, 1.165) is 29.2 Å². The minimum absolute atomic E-state index is 0.110. The summed E-state index contributed by atoms with van der Waals surface area (Å²) in [4.78, 5) is 0. The molecule has 0 spiro atoms. The summed E-state index contributed by atoms with van der Waals surface area (Å²) in [6.07, 6.45) is 4.77. The maximum atomic E-state index is 5.56. The summed E-state index contributed by atoms with van der Waals surface area (Å²) in [5, 5.41) is 0. The van der Waals surface area contributed by atoms with E-state index >= 15 is 0 Å². The molecule has 0 amide bonds. The minimum Gasteiger partial charge on any atom is -0.423 e. The van der Waals surface area contributed by atoms with Crippen molar-refractivity contribution in [2.75, 3.05) is 5.88 Å². The molecule has 0 saturated heterocycles. The lowest BCUT2D eigenvalue weighted by Gasteiger charge is -2.23. The van der Waals surface area contributed by atoms with Crippen LogP contribution in [0, 0.1) is 0 Å². The van der Waals surface area contributed by atoms with Crippen molar-refractivity contribution in [2.45, 2.75) is 45.1 Å². The van der Waals surface area contributed by atoms with E-state index in [1.54, 1.807) is 0 Å². The van der Waals surface area contributed by atoms with Crippen molar-refractivity contribution in [3.63, 3.8) is 0 Å². The Hall–Kier alpha value is 0.467. The molecule has 0 N–H and O–H groups in total. The van der Waals surface area contributed by atoms with Gasteiger partial charge in [-0.1, -0.05) is 12.8 Å². The quantitative estimate of drug-likeness (QED) is 0.357. The van der Waals surface area contributed by atoms with Crippen LogP contribution in [0.25, 0.3) is 0 Å². The van der Waals surface area contributed by atoms with Crippen LogP contribution in [-0.4, -0.2) is 22.0 Å². The predicted octanol–water partition coefficient (Wildman–Crippen LogP) is 1.86. The molecule has 3 heteroatoms. The highest BCUT2D eigenvalue weighted by Gasteiger charge is 2.13. The van der Waals surface area contributed by atoms with Gasteiger partial charge in [-0.15, -0.1) is 11.6 Å². The zero-order valence-corrected chi connectivity index (χ0v) is 10.6. The molecule has 0 unspecified atom stereocenters. The molecule has 0 aromatic heterocycles. The maximum Gasteiger partial charge on any atom is 0.146 e. The smallest absolute Gasteiger partial charge is 0.146 e. The van der Waals surface area contributed by atoms with Crippen LogP contribution in [0.4, 0.5) is 0 Å². The van der Waals surface area contributed by atoms with Crippen LogP contribution < -0.4 is 0 Å². The minimum atomic E-state index is 0.110. The molecular weight excluding hydrogens is 176 g/mol. The summed E-state index contributed by atoms with van der Waals surface area (Å²) in [5.74, 6) is 0.794. The molecule has 0 aliphatic rings. The predicted molar refractivity (Wildman–Crippen MR) is 54.3 cm³/mol. The third-order valence-electron chi connectivity index (χ3n) is 1.97. The highest BCUT2D eigenvalue weighted by molar-refractivity contribution is 6.17. The Kier molecular flexibility index (Phi) is 6.29. The summed E-state index contributed by atoms with van der Waals surface area (Å²) < 4.78 is 5.42. The maximum absolute atomic E-state index is 5.56. The first-order valence-electron chi connectivity index (χ1n) is 4.23. The summed E-state index contributed by atoms with van der Waals surface area (Å²) in [5.41, 5.74) is 0.110. The van der Waals surface area contributed by atoms with Crippen molar-refractivity contribution < 1.29 is 4.43 Å². The lowest BCUT2D eigenvalue weighted by Crippen LogP contribution is -2.22. The molecule has 0 saturated carbocycles. The van der Waals surface area contributed by atoms with E-state index in [1.165, 1.54) is 12.8 Å². The lowest BCUT2D eigenvalue weighted by atomic mass is 10.0. The molecule has 68 valence electrons.